The van der Waals surface area contributed by atoms with Crippen molar-refractivity contribution >= 4 is 15.9 Å². The Morgan fingerprint density at radius 3 is 2.65 bits per heavy atom. The molecule has 0 spiro atoms. The van der Waals surface area contributed by atoms with E-state index in [2.05, 4.69) is 47.1 Å². The fourth-order valence-electron chi connectivity index (χ4n) is 1.71. The van der Waals surface area contributed by atoms with Gasteiger partial charge < -0.3 is 4.74 Å². The zero-order chi connectivity index (χ0) is 12.1. The summed E-state index contributed by atoms with van der Waals surface area (Å²) in [7, 11) is 0. The van der Waals surface area contributed by atoms with Crippen LogP contribution in [0.4, 0.5) is 0 Å². The number of aryl methyl sites for hydroxylation is 1. The highest BCUT2D eigenvalue weighted by atomic mass is 79.9. The van der Waals surface area contributed by atoms with Gasteiger partial charge in [0, 0.05) is 6.42 Å². The number of hydrogen-bond acceptors (Lipinski definition) is 1. The molecule has 2 heteroatoms. The van der Waals surface area contributed by atoms with E-state index in [1.54, 1.807) is 0 Å². The Hall–Kier alpha value is -1.28. The van der Waals surface area contributed by atoms with Crippen LogP contribution >= 0.6 is 15.9 Å². The molecule has 0 bridgehead atoms. The second kappa shape index (κ2) is 5.87. The first-order valence-electron chi connectivity index (χ1n) is 5.68. The maximum atomic E-state index is 5.73. The molecule has 2 aromatic rings. The van der Waals surface area contributed by atoms with E-state index in [1.165, 1.54) is 11.1 Å². The van der Waals surface area contributed by atoms with Gasteiger partial charge in [-0.25, -0.2) is 0 Å². The van der Waals surface area contributed by atoms with E-state index in [0.29, 0.717) is 6.61 Å². The lowest BCUT2D eigenvalue weighted by Gasteiger charge is -2.08. The highest BCUT2D eigenvalue weighted by Gasteiger charge is 1.99. The maximum Gasteiger partial charge on any atom is 0.133 e. The lowest BCUT2D eigenvalue weighted by molar-refractivity contribution is 0.320. The molecule has 0 unspecified atom stereocenters. The average Bonchev–Trinajstić information content (AvgIpc) is 2.32. The largest absolute Gasteiger partial charge is 0.492 e. The Balaban J connectivity index is 1.90. The molecule has 0 N–H and O–H groups in total. The summed E-state index contributed by atoms with van der Waals surface area (Å²) < 4.78 is 6.74. The van der Waals surface area contributed by atoms with Gasteiger partial charge >= 0.3 is 0 Å². The lowest BCUT2D eigenvalue weighted by Crippen LogP contribution is -2.01. The Morgan fingerprint density at radius 2 is 1.88 bits per heavy atom. The standard InChI is InChI=1S/C15H15BrO/c1-12-5-4-6-13(11-12)9-10-17-15-8-3-2-7-14(15)16/h2-8,11H,9-10H2,1H3. The molecular weight excluding hydrogens is 276 g/mol. The van der Waals surface area contributed by atoms with Crippen LogP contribution in [0.2, 0.25) is 0 Å². The SMILES string of the molecule is Cc1cccc(CCOc2ccccc2Br)c1. The van der Waals surface area contributed by atoms with Crippen LogP contribution in [0.15, 0.2) is 53.0 Å². The number of halogens is 1. The van der Waals surface area contributed by atoms with Gasteiger partial charge in [0.25, 0.3) is 0 Å². The van der Waals surface area contributed by atoms with Crippen molar-refractivity contribution in [3.63, 3.8) is 0 Å². The van der Waals surface area contributed by atoms with Crippen molar-refractivity contribution in [3.05, 3.63) is 64.1 Å². The minimum absolute atomic E-state index is 0.700. The minimum atomic E-state index is 0.700. The average molecular weight is 291 g/mol. The summed E-state index contributed by atoms with van der Waals surface area (Å²) in [5, 5.41) is 0. The summed E-state index contributed by atoms with van der Waals surface area (Å²) in [4.78, 5) is 0. The molecule has 0 heterocycles. The van der Waals surface area contributed by atoms with Crippen LogP contribution in [-0.2, 0) is 6.42 Å². The van der Waals surface area contributed by atoms with Crippen LogP contribution in [-0.4, -0.2) is 6.61 Å². The minimum Gasteiger partial charge on any atom is -0.492 e. The fourth-order valence-corrected chi connectivity index (χ4v) is 2.11. The van der Waals surface area contributed by atoms with Gasteiger partial charge in [-0.15, -0.1) is 0 Å². The Kier molecular flexibility index (Phi) is 4.21. The molecule has 0 aliphatic rings. The van der Waals surface area contributed by atoms with Crippen LogP contribution < -0.4 is 4.74 Å². The fraction of sp³-hybridized carbons (Fsp3) is 0.200. The molecule has 2 aromatic carbocycles. The third-order valence-electron chi connectivity index (χ3n) is 2.57. The summed E-state index contributed by atoms with van der Waals surface area (Å²) in [5.41, 5.74) is 2.61. The first-order chi connectivity index (χ1) is 8.25. The predicted octanol–water partition coefficient (Wildman–Crippen LogP) is 4.38. The second-order valence-electron chi connectivity index (χ2n) is 4.02. The van der Waals surface area contributed by atoms with Gasteiger partial charge in [0.05, 0.1) is 11.1 Å². The van der Waals surface area contributed by atoms with Crippen LogP contribution in [0.5, 0.6) is 5.75 Å². The molecule has 0 saturated carbocycles. The van der Waals surface area contributed by atoms with Crippen LogP contribution in [0, 0.1) is 6.92 Å². The van der Waals surface area contributed by atoms with Gasteiger partial charge in [0.2, 0.25) is 0 Å². The smallest absolute Gasteiger partial charge is 0.133 e. The van der Waals surface area contributed by atoms with Gasteiger partial charge in [0.1, 0.15) is 5.75 Å². The first-order valence-corrected chi connectivity index (χ1v) is 6.48. The molecule has 0 aliphatic carbocycles. The number of para-hydroxylation sites is 1. The predicted molar refractivity (Wildman–Crippen MR) is 74.5 cm³/mol. The quantitative estimate of drug-likeness (QED) is 0.812. The summed E-state index contributed by atoms with van der Waals surface area (Å²) in [5.74, 6) is 0.903. The molecule has 0 radical (unpaired) electrons. The van der Waals surface area contributed by atoms with Gasteiger partial charge in [-0.1, -0.05) is 42.0 Å². The molecule has 0 fully saturated rings. The molecule has 2 rings (SSSR count). The van der Waals surface area contributed by atoms with Crippen molar-refractivity contribution < 1.29 is 4.74 Å². The van der Waals surface area contributed by atoms with Crippen LogP contribution in [0.1, 0.15) is 11.1 Å². The number of hydrogen-bond donors (Lipinski definition) is 0. The summed E-state index contributed by atoms with van der Waals surface area (Å²) in [6.45, 7) is 2.81. The molecule has 17 heavy (non-hydrogen) atoms. The molecule has 0 atom stereocenters. The van der Waals surface area contributed by atoms with Gasteiger partial charge in [-0.05, 0) is 40.5 Å². The summed E-state index contributed by atoms with van der Waals surface area (Å²) in [6.07, 6.45) is 0.934. The topological polar surface area (TPSA) is 9.23 Å². The van der Waals surface area contributed by atoms with Crippen LogP contribution in [0.3, 0.4) is 0 Å². The highest BCUT2D eigenvalue weighted by Crippen LogP contribution is 2.23. The zero-order valence-corrected chi connectivity index (χ0v) is 11.4. The van der Waals surface area contributed by atoms with E-state index in [9.17, 15) is 0 Å². The molecule has 0 saturated heterocycles. The van der Waals surface area contributed by atoms with Crippen molar-refractivity contribution in [2.24, 2.45) is 0 Å². The highest BCUT2D eigenvalue weighted by molar-refractivity contribution is 9.10. The van der Waals surface area contributed by atoms with E-state index < -0.39 is 0 Å². The number of ether oxygens (including phenoxy) is 1. The summed E-state index contributed by atoms with van der Waals surface area (Å²) >= 11 is 3.47. The first kappa shape index (κ1) is 12.2. The van der Waals surface area contributed by atoms with Crippen molar-refractivity contribution in [1.29, 1.82) is 0 Å². The third-order valence-corrected chi connectivity index (χ3v) is 3.22. The third kappa shape index (κ3) is 3.60. The van der Waals surface area contributed by atoms with Crippen molar-refractivity contribution in [1.82, 2.24) is 0 Å². The number of benzene rings is 2. The van der Waals surface area contributed by atoms with Crippen LogP contribution in [0.25, 0.3) is 0 Å². The maximum absolute atomic E-state index is 5.73. The molecule has 0 aliphatic heterocycles. The molecule has 0 aromatic heterocycles. The Labute approximate surface area is 111 Å². The molecular formula is C15H15BrO. The number of rotatable bonds is 4. The van der Waals surface area contributed by atoms with Gasteiger partial charge in [-0.2, -0.15) is 0 Å². The van der Waals surface area contributed by atoms with E-state index in [4.69, 9.17) is 4.74 Å². The second-order valence-corrected chi connectivity index (χ2v) is 4.87. The van der Waals surface area contributed by atoms with E-state index >= 15 is 0 Å². The van der Waals surface area contributed by atoms with Gasteiger partial charge in [0.15, 0.2) is 0 Å². The normalized spacial score (nSPS) is 10.2. The van der Waals surface area contributed by atoms with Crippen molar-refractivity contribution in [3.8, 4) is 5.75 Å². The Morgan fingerprint density at radius 1 is 1.06 bits per heavy atom. The zero-order valence-electron chi connectivity index (χ0n) is 9.82. The van der Waals surface area contributed by atoms with E-state index in [0.717, 1.165) is 16.6 Å². The Bertz CT molecular complexity index is 494. The lowest BCUT2D eigenvalue weighted by atomic mass is 10.1. The van der Waals surface area contributed by atoms with Crippen molar-refractivity contribution in [2.45, 2.75) is 13.3 Å². The van der Waals surface area contributed by atoms with E-state index in [-0.39, 0.29) is 0 Å². The van der Waals surface area contributed by atoms with E-state index in [1.807, 2.05) is 24.3 Å². The monoisotopic (exact) mass is 290 g/mol. The molecule has 88 valence electrons. The van der Waals surface area contributed by atoms with Crippen molar-refractivity contribution in [2.75, 3.05) is 6.61 Å². The molecule has 0 amide bonds. The molecule has 1 nitrogen and oxygen atoms in total. The summed E-state index contributed by atoms with van der Waals surface area (Å²) in [6, 6.07) is 16.5. The van der Waals surface area contributed by atoms with Gasteiger partial charge in [-0.3, -0.25) is 0 Å².